The molecule has 14 heavy (non-hydrogen) atoms. The highest BCUT2D eigenvalue weighted by atomic mass is 79.9. The normalized spacial score (nSPS) is 10.0. The Labute approximate surface area is 90.2 Å². The van der Waals surface area contributed by atoms with E-state index in [1.807, 2.05) is 0 Å². The third-order valence-corrected chi connectivity index (χ3v) is 2.31. The lowest BCUT2D eigenvalue weighted by Crippen LogP contribution is -2.01. The molecule has 2 nitrogen and oxygen atoms in total. The maximum atomic E-state index is 13.1. The molecule has 0 saturated carbocycles. The molecule has 4 heteroatoms. The lowest BCUT2D eigenvalue weighted by Gasteiger charge is -2.08. The Morgan fingerprint density at radius 2 is 2.21 bits per heavy atom. The molecular weight excluding hydrogens is 251 g/mol. The monoisotopic (exact) mass is 260 g/mol. The molecule has 0 aliphatic heterocycles. The molecular formula is C10H10BrFO2. The molecule has 1 aromatic carbocycles. The first-order chi connectivity index (χ1) is 6.56. The molecule has 0 atom stereocenters. The van der Waals surface area contributed by atoms with Crippen LogP contribution in [0, 0.1) is 5.82 Å². The van der Waals surface area contributed by atoms with Gasteiger partial charge in [0.15, 0.2) is 5.78 Å². The molecule has 0 saturated heterocycles. The number of rotatable bonds is 3. The maximum absolute atomic E-state index is 13.1. The number of carbonyl (C=O) groups is 1. The molecule has 1 aromatic rings. The molecule has 0 radical (unpaired) electrons. The quantitative estimate of drug-likeness (QED) is 0.781. The van der Waals surface area contributed by atoms with E-state index in [4.69, 9.17) is 4.74 Å². The highest BCUT2D eigenvalue weighted by molar-refractivity contribution is 9.10. The molecule has 0 aliphatic rings. The van der Waals surface area contributed by atoms with Crippen molar-refractivity contribution in [1.82, 2.24) is 0 Å². The predicted octanol–water partition coefficient (Wildman–Crippen LogP) is 3.19. The Morgan fingerprint density at radius 3 is 2.71 bits per heavy atom. The summed E-state index contributed by atoms with van der Waals surface area (Å²) in [7, 11) is 0. The van der Waals surface area contributed by atoms with Gasteiger partial charge >= 0.3 is 0 Å². The van der Waals surface area contributed by atoms with Gasteiger partial charge in [-0.25, -0.2) is 4.39 Å². The van der Waals surface area contributed by atoms with Crippen LogP contribution in [-0.2, 0) is 0 Å². The minimum atomic E-state index is -0.432. The largest absolute Gasteiger partial charge is 0.493 e. The number of Topliss-reactive ketones (excluding diaryl/α,β-unsaturated/α-hetero) is 1. The lowest BCUT2D eigenvalue weighted by molar-refractivity contribution is 0.101. The fraction of sp³-hybridized carbons (Fsp3) is 0.300. The van der Waals surface area contributed by atoms with Crippen LogP contribution in [0.15, 0.2) is 16.6 Å². The standard InChI is InChI=1S/C10H10BrFO2/c1-3-14-10-5-9(12)8(11)4-7(10)6(2)13/h4-5H,3H2,1-2H3. The van der Waals surface area contributed by atoms with Crippen LogP contribution in [0.25, 0.3) is 0 Å². The summed E-state index contributed by atoms with van der Waals surface area (Å²) >= 11 is 3.02. The molecule has 1 rings (SSSR count). The van der Waals surface area contributed by atoms with Gasteiger partial charge in [-0.3, -0.25) is 4.79 Å². The van der Waals surface area contributed by atoms with Crippen molar-refractivity contribution in [3.05, 3.63) is 28.0 Å². The fourth-order valence-corrected chi connectivity index (χ4v) is 1.42. The third-order valence-electron chi connectivity index (χ3n) is 1.70. The van der Waals surface area contributed by atoms with Crippen molar-refractivity contribution in [1.29, 1.82) is 0 Å². The molecule has 0 heterocycles. The zero-order valence-electron chi connectivity index (χ0n) is 7.93. The van der Waals surface area contributed by atoms with Crippen LogP contribution in [0.2, 0.25) is 0 Å². The number of hydrogen-bond acceptors (Lipinski definition) is 2. The van der Waals surface area contributed by atoms with Crippen LogP contribution in [0.4, 0.5) is 4.39 Å². The Bertz CT molecular complexity index is 363. The van der Waals surface area contributed by atoms with Crippen molar-refractivity contribution in [2.24, 2.45) is 0 Å². The third kappa shape index (κ3) is 2.32. The van der Waals surface area contributed by atoms with Crippen LogP contribution in [0.1, 0.15) is 24.2 Å². The van der Waals surface area contributed by atoms with E-state index in [-0.39, 0.29) is 10.3 Å². The van der Waals surface area contributed by atoms with Gasteiger partial charge in [-0.05, 0) is 35.8 Å². The highest BCUT2D eigenvalue weighted by Gasteiger charge is 2.12. The molecule has 0 aliphatic carbocycles. The molecule has 0 spiro atoms. The van der Waals surface area contributed by atoms with Crippen molar-refractivity contribution in [3.63, 3.8) is 0 Å². The summed E-state index contributed by atoms with van der Waals surface area (Å²) in [5, 5.41) is 0. The Hall–Kier alpha value is -0.900. The van der Waals surface area contributed by atoms with Gasteiger partial charge in [0.25, 0.3) is 0 Å². The first kappa shape index (κ1) is 11.2. The molecule has 0 amide bonds. The average molecular weight is 261 g/mol. The maximum Gasteiger partial charge on any atom is 0.163 e. The first-order valence-electron chi connectivity index (χ1n) is 4.19. The van der Waals surface area contributed by atoms with Crippen LogP contribution >= 0.6 is 15.9 Å². The van der Waals surface area contributed by atoms with Gasteiger partial charge in [0, 0.05) is 6.07 Å². The van der Waals surface area contributed by atoms with Crippen LogP contribution in [0.5, 0.6) is 5.75 Å². The van der Waals surface area contributed by atoms with Gasteiger partial charge in [0.05, 0.1) is 16.6 Å². The van der Waals surface area contributed by atoms with Gasteiger partial charge in [-0.2, -0.15) is 0 Å². The summed E-state index contributed by atoms with van der Waals surface area (Å²) in [5.74, 6) is -0.284. The summed E-state index contributed by atoms with van der Waals surface area (Å²) < 4.78 is 18.5. The zero-order valence-corrected chi connectivity index (χ0v) is 9.52. The second-order valence-corrected chi connectivity index (χ2v) is 3.61. The second kappa shape index (κ2) is 4.55. The zero-order chi connectivity index (χ0) is 10.7. The highest BCUT2D eigenvalue weighted by Crippen LogP contribution is 2.26. The molecule has 0 aromatic heterocycles. The van der Waals surface area contributed by atoms with E-state index in [1.54, 1.807) is 6.92 Å². The predicted molar refractivity (Wildman–Crippen MR) is 55.3 cm³/mol. The topological polar surface area (TPSA) is 26.3 Å². The van der Waals surface area contributed by atoms with E-state index in [2.05, 4.69) is 15.9 Å². The minimum Gasteiger partial charge on any atom is -0.493 e. The van der Waals surface area contributed by atoms with Gasteiger partial charge in [0.1, 0.15) is 11.6 Å². The van der Waals surface area contributed by atoms with Crippen LogP contribution < -0.4 is 4.74 Å². The van der Waals surface area contributed by atoms with Gasteiger partial charge in [-0.15, -0.1) is 0 Å². The summed E-state index contributed by atoms with van der Waals surface area (Å²) in [5.41, 5.74) is 0.389. The Balaban J connectivity index is 3.24. The average Bonchev–Trinajstić information content (AvgIpc) is 2.11. The fourth-order valence-electron chi connectivity index (χ4n) is 1.08. The molecule has 0 bridgehead atoms. The smallest absolute Gasteiger partial charge is 0.163 e. The van der Waals surface area contributed by atoms with Crippen LogP contribution in [-0.4, -0.2) is 12.4 Å². The van der Waals surface area contributed by atoms with Crippen LogP contribution in [0.3, 0.4) is 0 Å². The SMILES string of the molecule is CCOc1cc(F)c(Br)cc1C(C)=O. The second-order valence-electron chi connectivity index (χ2n) is 2.75. The van der Waals surface area contributed by atoms with Gasteiger partial charge in [0.2, 0.25) is 0 Å². The summed E-state index contributed by atoms with van der Waals surface area (Å²) in [6.45, 7) is 3.60. The lowest BCUT2D eigenvalue weighted by atomic mass is 10.1. The number of hydrogen-bond donors (Lipinski definition) is 0. The van der Waals surface area contributed by atoms with Crippen molar-refractivity contribution >= 4 is 21.7 Å². The van der Waals surface area contributed by atoms with Crippen molar-refractivity contribution < 1.29 is 13.9 Å². The number of carbonyl (C=O) groups excluding carboxylic acids is 1. The van der Waals surface area contributed by atoms with E-state index in [0.717, 1.165) is 0 Å². The minimum absolute atomic E-state index is 0.144. The van der Waals surface area contributed by atoms with E-state index in [1.165, 1.54) is 19.1 Å². The van der Waals surface area contributed by atoms with Gasteiger partial charge in [-0.1, -0.05) is 0 Å². The molecule has 0 fully saturated rings. The Kier molecular flexibility index (Phi) is 3.63. The van der Waals surface area contributed by atoms with E-state index in [0.29, 0.717) is 17.9 Å². The van der Waals surface area contributed by atoms with E-state index in [9.17, 15) is 9.18 Å². The van der Waals surface area contributed by atoms with Crippen molar-refractivity contribution in [2.45, 2.75) is 13.8 Å². The molecule has 0 N–H and O–H groups in total. The summed E-state index contributed by atoms with van der Waals surface area (Å²) in [6, 6.07) is 2.65. The Morgan fingerprint density at radius 1 is 1.57 bits per heavy atom. The number of halogens is 2. The number of ketones is 1. The number of benzene rings is 1. The molecule has 0 unspecified atom stereocenters. The number of ether oxygens (including phenoxy) is 1. The van der Waals surface area contributed by atoms with E-state index < -0.39 is 5.82 Å². The first-order valence-corrected chi connectivity index (χ1v) is 4.98. The van der Waals surface area contributed by atoms with Crippen molar-refractivity contribution in [2.75, 3.05) is 6.61 Å². The summed E-state index contributed by atoms with van der Waals surface area (Å²) in [4.78, 5) is 11.2. The van der Waals surface area contributed by atoms with E-state index >= 15 is 0 Å². The molecule has 76 valence electrons. The summed E-state index contributed by atoms with van der Waals surface area (Å²) in [6.07, 6.45) is 0. The van der Waals surface area contributed by atoms with Gasteiger partial charge < -0.3 is 4.74 Å². The van der Waals surface area contributed by atoms with Crippen molar-refractivity contribution in [3.8, 4) is 5.75 Å².